The highest BCUT2D eigenvalue weighted by atomic mass is 32.2. The Morgan fingerprint density at radius 3 is 2.65 bits per heavy atom. The van der Waals surface area contributed by atoms with E-state index in [4.69, 9.17) is 0 Å². The number of H-pyrrole nitrogens is 1. The lowest BCUT2D eigenvalue weighted by molar-refractivity contribution is 0.257. The molecule has 0 unspecified atom stereocenters. The van der Waals surface area contributed by atoms with Crippen LogP contribution in [0.4, 0.5) is 10.5 Å². The zero-order valence-electron chi connectivity index (χ0n) is 12.4. The molecule has 116 valence electrons. The van der Waals surface area contributed by atoms with Crippen LogP contribution in [0.1, 0.15) is 5.56 Å². The van der Waals surface area contributed by atoms with E-state index >= 15 is 0 Å². The third-order valence-electron chi connectivity index (χ3n) is 3.25. The monoisotopic (exact) mass is 325 g/mol. The van der Waals surface area contributed by atoms with E-state index in [1.165, 1.54) is 18.0 Å². The Balaban J connectivity index is 1.79. The van der Waals surface area contributed by atoms with E-state index in [9.17, 15) is 9.59 Å². The van der Waals surface area contributed by atoms with Crippen molar-refractivity contribution in [3.8, 4) is 0 Å². The largest absolute Gasteiger partial charge is 0.329 e. The van der Waals surface area contributed by atoms with Crippen LogP contribution >= 0.6 is 11.9 Å². The summed E-state index contributed by atoms with van der Waals surface area (Å²) in [6.07, 6.45) is 0. The number of pyridine rings is 1. The molecule has 0 bridgehead atoms. The molecule has 3 rings (SSSR count). The first-order valence-corrected chi connectivity index (χ1v) is 7.86. The maximum Gasteiger partial charge on any atom is 0.329 e. The Morgan fingerprint density at radius 1 is 1.09 bits per heavy atom. The first kappa shape index (κ1) is 15.2. The second-order valence-electron chi connectivity index (χ2n) is 5.07. The molecular formula is C17H15N3O2S. The van der Waals surface area contributed by atoms with E-state index in [0.717, 1.165) is 15.8 Å². The first-order valence-electron chi connectivity index (χ1n) is 7.04. The summed E-state index contributed by atoms with van der Waals surface area (Å²) in [4.78, 5) is 27.5. The highest BCUT2D eigenvalue weighted by Crippen LogP contribution is 2.21. The van der Waals surface area contributed by atoms with E-state index in [1.54, 1.807) is 0 Å². The zero-order chi connectivity index (χ0) is 16.2. The molecule has 0 spiro atoms. The summed E-state index contributed by atoms with van der Waals surface area (Å²) in [5.74, 6) is 0. The normalized spacial score (nSPS) is 10.5. The number of benzene rings is 2. The molecule has 0 radical (unpaired) electrons. The quantitative estimate of drug-likeness (QED) is 0.643. The van der Waals surface area contributed by atoms with Gasteiger partial charge in [0.15, 0.2) is 0 Å². The Bertz CT molecular complexity index is 907. The topological polar surface area (TPSA) is 74.0 Å². The van der Waals surface area contributed by atoms with Crippen molar-refractivity contribution >= 4 is 34.6 Å². The summed E-state index contributed by atoms with van der Waals surface area (Å²) >= 11 is 1.21. The van der Waals surface area contributed by atoms with Crippen molar-refractivity contribution in [3.63, 3.8) is 0 Å². The van der Waals surface area contributed by atoms with Gasteiger partial charge in [0.05, 0.1) is 11.2 Å². The van der Waals surface area contributed by atoms with E-state index in [2.05, 4.69) is 15.0 Å². The summed E-state index contributed by atoms with van der Waals surface area (Å²) in [5, 5.41) is 3.53. The van der Waals surface area contributed by atoms with Crippen LogP contribution in [-0.4, -0.2) is 11.0 Å². The fourth-order valence-electron chi connectivity index (χ4n) is 2.21. The lowest BCUT2D eigenvalue weighted by atomic mass is 10.1. The molecule has 0 saturated carbocycles. The Kier molecular flexibility index (Phi) is 4.34. The second kappa shape index (κ2) is 6.58. The molecule has 0 aliphatic carbocycles. The molecular weight excluding hydrogens is 310 g/mol. The molecule has 0 aliphatic rings. The summed E-state index contributed by atoms with van der Waals surface area (Å²) in [6.45, 7) is 1.96. The van der Waals surface area contributed by atoms with Crippen molar-refractivity contribution in [3.05, 3.63) is 70.5 Å². The van der Waals surface area contributed by atoms with Crippen LogP contribution in [0.25, 0.3) is 10.9 Å². The molecule has 1 heterocycles. The van der Waals surface area contributed by atoms with Gasteiger partial charge in [-0.05, 0) is 43.1 Å². The number of nitrogens with one attached hydrogen (secondary N) is 3. The highest BCUT2D eigenvalue weighted by Gasteiger charge is 2.08. The van der Waals surface area contributed by atoms with Crippen LogP contribution in [-0.2, 0) is 0 Å². The van der Waals surface area contributed by atoms with Gasteiger partial charge >= 0.3 is 6.03 Å². The number of anilines is 1. The SMILES string of the molecule is Cc1ccc2[nH]c(=O)cc(NC(=O)NSc3ccccc3)c2c1. The first-order chi connectivity index (χ1) is 11.1. The van der Waals surface area contributed by atoms with Crippen molar-refractivity contribution in [1.82, 2.24) is 9.71 Å². The lowest BCUT2D eigenvalue weighted by Gasteiger charge is -2.10. The van der Waals surface area contributed by atoms with Crippen LogP contribution in [0.5, 0.6) is 0 Å². The fourth-order valence-corrected chi connectivity index (χ4v) is 2.77. The van der Waals surface area contributed by atoms with Crippen LogP contribution < -0.4 is 15.6 Å². The molecule has 0 fully saturated rings. The molecule has 5 nitrogen and oxygen atoms in total. The molecule has 6 heteroatoms. The average Bonchev–Trinajstić information content (AvgIpc) is 2.54. The third-order valence-corrected chi connectivity index (χ3v) is 4.05. The molecule has 0 aliphatic heterocycles. The molecule has 0 atom stereocenters. The highest BCUT2D eigenvalue weighted by molar-refractivity contribution is 7.98. The van der Waals surface area contributed by atoms with Crippen molar-refractivity contribution in [2.45, 2.75) is 11.8 Å². The molecule has 3 N–H and O–H groups in total. The van der Waals surface area contributed by atoms with E-state index in [-0.39, 0.29) is 11.6 Å². The van der Waals surface area contributed by atoms with E-state index < -0.39 is 0 Å². The summed E-state index contributed by atoms with van der Waals surface area (Å²) < 4.78 is 2.70. The van der Waals surface area contributed by atoms with Gasteiger partial charge in [-0.1, -0.05) is 29.8 Å². The van der Waals surface area contributed by atoms with Crippen molar-refractivity contribution in [2.75, 3.05) is 5.32 Å². The number of hydrogen-bond acceptors (Lipinski definition) is 3. The van der Waals surface area contributed by atoms with Crippen molar-refractivity contribution in [1.29, 1.82) is 0 Å². The van der Waals surface area contributed by atoms with Crippen molar-refractivity contribution < 1.29 is 4.79 Å². The number of fused-ring (bicyclic) bond motifs is 1. The second-order valence-corrected chi connectivity index (χ2v) is 5.95. The number of amides is 2. The summed E-state index contributed by atoms with van der Waals surface area (Å²) in [7, 11) is 0. The fraction of sp³-hybridized carbons (Fsp3) is 0.0588. The van der Waals surface area contributed by atoms with Gasteiger partial charge in [0.1, 0.15) is 0 Å². The molecule has 2 amide bonds. The number of aromatic nitrogens is 1. The number of aromatic amines is 1. The maximum absolute atomic E-state index is 12.1. The predicted octanol–water partition coefficient (Wildman–Crippen LogP) is 3.67. The molecule has 23 heavy (non-hydrogen) atoms. The number of carbonyl (C=O) groups is 1. The Morgan fingerprint density at radius 2 is 1.87 bits per heavy atom. The molecule has 3 aromatic rings. The van der Waals surface area contributed by atoms with Gasteiger partial charge in [-0.25, -0.2) is 4.79 Å². The number of carbonyl (C=O) groups excluding carboxylic acids is 1. The Hall–Kier alpha value is -2.73. The van der Waals surface area contributed by atoms with Gasteiger partial charge < -0.3 is 10.3 Å². The minimum atomic E-state index is -0.382. The lowest BCUT2D eigenvalue weighted by Crippen LogP contribution is -2.23. The van der Waals surface area contributed by atoms with Crippen LogP contribution in [0, 0.1) is 6.92 Å². The smallest absolute Gasteiger partial charge is 0.322 e. The van der Waals surface area contributed by atoms with E-state index in [0.29, 0.717) is 11.2 Å². The third kappa shape index (κ3) is 3.73. The van der Waals surface area contributed by atoms with Gasteiger partial charge in [-0.3, -0.25) is 9.52 Å². The minimum Gasteiger partial charge on any atom is -0.322 e. The maximum atomic E-state index is 12.1. The molecule has 0 saturated heterocycles. The van der Waals surface area contributed by atoms with Gasteiger partial charge in [0.2, 0.25) is 5.56 Å². The number of urea groups is 1. The Labute approximate surface area is 137 Å². The predicted molar refractivity (Wildman–Crippen MR) is 93.8 cm³/mol. The van der Waals surface area contributed by atoms with Crippen LogP contribution in [0.15, 0.2) is 64.3 Å². The van der Waals surface area contributed by atoms with Gasteiger partial charge in [0.25, 0.3) is 0 Å². The number of hydrogen-bond donors (Lipinski definition) is 3. The summed E-state index contributed by atoms with van der Waals surface area (Å²) in [6, 6.07) is 16.2. The number of aryl methyl sites for hydroxylation is 1. The van der Waals surface area contributed by atoms with Crippen molar-refractivity contribution in [2.24, 2.45) is 0 Å². The van der Waals surface area contributed by atoms with Gasteiger partial charge in [-0.2, -0.15) is 0 Å². The van der Waals surface area contributed by atoms with Crippen LogP contribution in [0.2, 0.25) is 0 Å². The van der Waals surface area contributed by atoms with E-state index in [1.807, 2.05) is 55.5 Å². The van der Waals surface area contributed by atoms with Gasteiger partial charge in [0, 0.05) is 16.3 Å². The summed E-state index contributed by atoms with van der Waals surface area (Å²) in [5.41, 5.74) is 1.96. The number of rotatable bonds is 3. The molecule has 1 aromatic heterocycles. The standard InChI is InChI=1S/C17H15N3O2S/c1-11-7-8-14-13(9-11)15(10-16(21)18-14)19-17(22)20-23-12-5-3-2-4-6-12/h2-10H,1H3,(H3,18,19,20,21,22). The zero-order valence-corrected chi connectivity index (χ0v) is 13.2. The van der Waals surface area contributed by atoms with Gasteiger partial charge in [-0.15, -0.1) is 0 Å². The average molecular weight is 325 g/mol. The van der Waals surface area contributed by atoms with Crippen LogP contribution in [0.3, 0.4) is 0 Å². The minimum absolute atomic E-state index is 0.257. The molecule has 2 aromatic carbocycles.